The largest absolute Gasteiger partial charge is 0.416 e. The number of aryl methyl sites for hydroxylation is 1. The van der Waals surface area contributed by atoms with Crippen LogP contribution in [0.4, 0.5) is 13.2 Å². The lowest BCUT2D eigenvalue weighted by molar-refractivity contribution is -0.137. The normalized spacial score (nSPS) is 13.4. The molecule has 2 N–H and O–H groups in total. The second kappa shape index (κ2) is 10.6. The van der Waals surface area contributed by atoms with Crippen molar-refractivity contribution < 1.29 is 23.1 Å². The molecule has 8 heteroatoms. The molecule has 0 saturated heterocycles. The first-order valence-corrected chi connectivity index (χ1v) is 10.4. The molecule has 0 aliphatic heterocycles. The number of carbonyl (C=O) groups is 1. The highest BCUT2D eigenvalue weighted by Gasteiger charge is 2.30. The fraction of sp³-hybridized carbons (Fsp3) is 0.250. The van der Waals surface area contributed by atoms with E-state index in [0.717, 1.165) is 17.7 Å². The lowest BCUT2D eigenvalue weighted by Crippen LogP contribution is -2.41. The Bertz CT molecular complexity index is 1010. The minimum atomic E-state index is -4.43. The van der Waals surface area contributed by atoms with Gasteiger partial charge in [0.05, 0.1) is 11.6 Å². The molecule has 168 valence electrons. The number of aliphatic hydroxyl groups excluding tert-OH is 1. The van der Waals surface area contributed by atoms with Gasteiger partial charge in [-0.25, -0.2) is 4.98 Å². The van der Waals surface area contributed by atoms with Gasteiger partial charge in [0.2, 0.25) is 5.91 Å². The molecule has 1 aromatic heterocycles. The van der Waals surface area contributed by atoms with Gasteiger partial charge in [-0.3, -0.25) is 4.79 Å². The van der Waals surface area contributed by atoms with Gasteiger partial charge in [-0.2, -0.15) is 13.2 Å². The number of hydrogen-bond acceptors (Lipinski definition) is 3. The van der Waals surface area contributed by atoms with E-state index in [2.05, 4.69) is 10.3 Å². The van der Waals surface area contributed by atoms with Crippen molar-refractivity contribution in [1.29, 1.82) is 0 Å². The second-order valence-electron chi connectivity index (χ2n) is 7.42. The summed E-state index contributed by atoms with van der Waals surface area (Å²) in [4.78, 5) is 16.5. The van der Waals surface area contributed by atoms with Crippen LogP contribution >= 0.6 is 11.6 Å². The van der Waals surface area contributed by atoms with Crippen LogP contribution < -0.4 is 5.32 Å². The van der Waals surface area contributed by atoms with E-state index >= 15 is 0 Å². The van der Waals surface area contributed by atoms with E-state index in [0.29, 0.717) is 17.5 Å². The van der Waals surface area contributed by atoms with Gasteiger partial charge in [-0.15, -0.1) is 0 Å². The van der Waals surface area contributed by atoms with Gasteiger partial charge in [0.25, 0.3) is 0 Å². The molecule has 0 bridgehead atoms. The fourth-order valence-electron chi connectivity index (χ4n) is 3.30. The summed E-state index contributed by atoms with van der Waals surface area (Å²) >= 11 is 5.81. The van der Waals surface area contributed by atoms with Crippen molar-refractivity contribution in [2.75, 3.05) is 0 Å². The van der Waals surface area contributed by atoms with E-state index in [1.54, 1.807) is 6.07 Å². The second-order valence-corrected chi connectivity index (χ2v) is 7.80. The molecule has 2 atom stereocenters. The minimum absolute atomic E-state index is 0.138. The quantitative estimate of drug-likeness (QED) is 0.455. The van der Waals surface area contributed by atoms with E-state index in [1.165, 1.54) is 24.4 Å². The predicted octanol–water partition coefficient (Wildman–Crippen LogP) is 5.15. The van der Waals surface area contributed by atoms with Crippen molar-refractivity contribution in [3.05, 3.63) is 100 Å². The van der Waals surface area contributed by atoms with E-state index in [-0.39, 0.29) is 23.9 Å². The molecule has 0 spiro atoms. The van der Waals surface area contributed by atoms with Crippen LogP contribution in [-0.4, -0.2) is 22.0 Å². The van der Waals surface area contributed by atoms with Gasteiger partial charge in [0.15, 0.2) is 0 Å². The average molecular weight is 463 g/mol. The van der Waals surface area contributed by atoms with Crippen LogP contribution in [0.3, 0.4) is 0 Å². The molecule has 1 heterocycles. The molecular formula is C24H22ClF3N2O2. The van der Waals surface area contributed by atoms with Crippen molar-refractivity contribution in [3.8, 4) is 0 Å². The summed E-state index contributed by atoms with van der Waals surface area (Å²) in [7, 11) is 0. The predicted molar refractivity (Wildman–Crippen MR) is 116 cm³/mol. The number of rotatable bonds is 8. The number of alkyl halides is 3. The zero-order valence-corrected chi connectivity index (χ0v) is 17.8. The number of carbonyl (C=O) groups excluding carboxylic acids is 1. The molecule has 2 aromatic carbocycles. The lowest BCUT2D eigenvalue weighted by atomic mass is 9.96. The van der Waals surface area contributed by atoms with E-state index < -0.39 is 23.9 Å². The number of nitrogens with zero attached hydrogens (tertiary/aromatic N) is 1. The smallest absolute Gasteiger partial charge is 0.386 e. The highest BCUT2D eigenvalue weighted by molar-refractivity contribution is 6.29. The Labute approximate surface area is 189 Å². The Balaban J connectivity index is 1.74. The highest BCUT2D eigenvalue weighted by atomic mass is 35.5. The van der Waals surface area contributed by atoms with Crippen molar-refractivity contribution in [3.63, 3.8) is 0 Å². The van der Waals surface area contributed by atoms with E-state index in [1.807, 2.05) is 30.3 Å². The number of halogens is 4. The van der Waals surface area contributed by atoms with Crippen LogP contribution in [0.25, 0.3) is 0 Å². The number of aliphatic hydroxyl groups is 1. The highest BCUT2D eigenvalue weighted by Crippen LogP contribution is 2.29. The minimum Gasteiger partial charge on any atom is -0.386 e. The first-order valence-electron chi connectivity index (χ1n) is 10.0. The standard InChI is InChI=1S/C24H22ClF3N2O2/c25-21-12-9-18(15-29-21)23(32)20(14-17-6-10-19(11-7-17)24(26,27)28)30-22(31)13-8-16-4-2-1-3-5-16/h1-7,9-12,15,20,23,32H,8,13-14H2,(H,30,31). The Hall–Kier alpha value is -2.90. The number of nitrogens with one attached hydrogen (secondary N) is 1. The summed E-state index contributed by atoms with van der Waals surface area (Å²) in [6, 6.07) is 16.5. The zero-order chi connectivity index (χ0) is 23.1. The summed E-state index contributed by atoms with van der Waals surface area (Å²) in [5.74, 6) is -0.272. The fourth-order valence-corrected chi connectivity index (χ4v) is 3.41. The molecule has 0 aliphatic rings. The van der Waals surface area contributed by atoms with E-state index in [4.69, 9.17) is 11.6 Å². The third kappa shape index (κ3) is 6.80. The molecule has 1 amide bonds. The molecule has 0 saturated carbocycles. The molecule has 4 nitrogen and oxygen atoms in total. The van der Waals surface area contributed by atoms with Crippen molar-refractivity contribution >= 4 is 17.5 Å². The number of pyridine rings is 1. The molecule has 0 aliphatic carbocycles. The molecule has 3 rings (SSSR count). The van der Waals surface area contributed by atoms with Gasteiger partial charge in [0.1, 0.15) is 11.3 Å². The van der Waals surface area contributed by atoms with Gasteiger partial charge in [-0.1, -0.05) is 60.1 Å². The van der Waals surface area contributed by atoms with E-state index in [9.17, 15) is 23.1 Å². The van der Waals surface area contributed by atoms with Crippen LogP contribution in [0.1, 0.15) is 34.8 Å². The maximum absolute atomic E-state index is 12.8. The van der Waals surface area contributed by atoms with Crippen LogP contribution in [0.2, 0.25) is 5.15 Å². The SMILES string of the molecule is O=C(CCc1ccccc1)NC(Cc1ccc(C(F)(F)F)cc1)C(O)c1ccc(Cl)nc1. The zero-order valence-electron chi connectivity index (χ0n) is 17.0. The molecule has 0 fully saturated rings. The number of amides is 1. The van der Waals surface area contributed by atoms with Gasteiger partial charge >= 0.3 is 6.18 Å². The maximum atomic E-state index is 12.8. The third-order valence-electron chi connectivity index (χ3n) is 5.04. The number of hydrogen-bond donors (Lipinski definition) is 2. The first-order chi connectivity index (χ1) is 15.2. The molecular weight excluding hydrogens is 441 g/mol. The van der Waals surface area contributed by atoms with Crippen LogP contribution in [0, 0.1) is 0 Å². The average Bonchev–Trinajstić information content (AvgIpc) is 2.78. The summed E-state index contributed by atoms with van der Waals surface area (Å²) in [5, 5.41) is 14.0. The Morgan fingerprint density at radius 2 is 1.69 bits per heavy atom. The Kier molecular flexibility index (Phi) is 7.88. The van der Waals surface area contributed by atoms with Crippen LogP contribution in [-0.2, 0) is 23.8 Å². The topological polar surface area (TPSA) is 62.2 Å². The number of aromatic nitrogens is 1. The lowest BCUT2D eigenvalue weighted by Gasteiger charge is -2.25. The molecule has 32 heavy (non-hydrogen) atoms. The maximum Gasteiger partial charge on any atom is 0.416 e. The molecule has 2 unspecified atom stereocenters. The first kappa shape index (κ1) is 23.8. The van der Waals surface area contributed by atoms with Crippen molar-refractivity contribution in [2.24, 2.45) is 0 Å². The summed E-state index contributed by atoms with van der Waals surface area (Å²) in [6.45, 7) is 0. The van der Waals surface area contributed by atoms with Gasteiger partial charge in [0, 0.05) is 18.2 Å². The van der Waals surface area contributed by atoms with Gasteiger partial charge < -0.3 is 10.4 Å². The van der Waals surface area contributed by atoms with Crippen molar-refractivity contribution in [2.45, 2.75) is 37.6 Å². The summed E-state index contributed by atoms with van der Waals surface area (Å²) in [6.07, 6.45) is -3.28. The van der Waals surface area contributed by atoms with Crippen molar-refractivity contribution in [1.82, 2.24) is 10.3 Å². The third-order valence-corrected chi connectivity index (χ3v) is 5.26. The molecule has 0 radical (unpaired) electrons. The van der Waals surface area contributed by atoms with Crippen LogP contribution in [0.15, 0.2) is 72.9 Å². The van der Waals surface area contributed by atoms with Crippen LogP contribution in [0.5, 0.6) is 0 Å². The molecule has 3 aromatic rings. The summed E-state index contributed by atoms with van der Waals surface area (Å²) in [5.41, 5.74) is 1.23. The Morgan fingerprint density at radius 3 is 2.28 bits per heavy atom. The van der Waals surface area contributed by atoms with Gasteiger partial charge in [-0.05, 0) is 42.2 Å². The Morgan fingerprint density at radius 1 is 1.00 bits per heavy atom. The summed E-state index contributed by atoms with van der Waals surface area (Å²) < 4.78 is 38.5. The number of benzene rings is 2. The monoisotopic (exact) mass is 462 g/mol.